The largest absolute Gasteiger partial charge is 0.457 e. The molecule has 2 aromatic carbocycles. The maximum atomic E-state index is 11.6. The molecule has 0 heterocycles. The van der Waals surface area contributed by atoms with Gasteiger partial charge in [0.15, 0.2) is 6.10 Å². The third-order valence-corrected chi connectivity index (χ3v) is 7.38. The van der Waals surface area contributed by atoms with Crippen molar-refractivity contribution in [3.8, 4) is 0 Å². The van der Waals surface area contributed by atoms with E-state index >= 15 is 0 Å². The molecule has 0 bridgehead atoms. The van der Waals surface area contributed by atoms with Crippen LogP contribution in [0.4, 0.5) is 0 Å². The molecule has 0 saturated carbocycles. The molecule has 0 aromatic heterocycles. The van der Waals surface area contributed by atoms with E-state index in [4.69, 9.17) is 4.74 Å². The summed E-state index contributed by atoms with van der Waals surface area (Å²) in [5.41, 5.74) is 2.14. The van der Waals surface area contributed by atoms with Gasteiger partial charge in [0.1, 0.15) is 18.3 Å². The van der Waals surface area contributed by atoms with Crippen molar-refractivity contribution in [3.05, 3.63) is 71.8 Å². The molecule has 0 aliphatic carbocycles. The van der Waals surface area contributed by atoms with E-state index in [9.17, 15) is 25.2 Å². The van der Waals surface area contributed by atoms with Crippen LogP contribution in [-0.4, -0.2) is 62.0 Å². The number of benzene rings is 2. The van der Waals surface area contributed by atoms with Crippen molar-refractivity contribution >= 4 is 29.5 Å². The zero-order valence-corrected chi connectivity index (χ0v) is 18.3. The van der Waals surface area contributed by atoms with Crippen molar-refractivity contribution < 1.29 is 30.0 Å². The lowest BCUT2D eigenvalue weighted by Gasteiger charge is -2.33. The molecular weight excluding hydrogens is 424 g/mol. The van der Waals surface area contributed by atoms with Crippen LogP contribution in [0, 0.1) is 0 Å². The van der Waals surface area contributed by atoms with Crippen molar-refractivity contribution in [1.82, 2.24) is 0 Å². The number of thioether (sulfide) groups is 2. The Morgan fingerprint density at radius 3 is 1.73 bits per heavy atom. The normalized spacial score (nSPS) is 15.4. The molecule has 0 aliphatic rings. The Bertz CT molecular complexity index is 702. The highest BCUT2D eigenvalue weighted by Crippen LogP contribution is 2.34. The highest BCUT2D eigenvalue weighted by molar-refractivity contribution is 8.16. The second-order valence-corrected chi connectivity index (χ2v) is 9.32. The lowest BCUT2D eigenvalue weighted by Crippen LogP contribution is -2.50. The number of hydrogen-bond acceptors (Lipinski definition) is 8. The van der Waals surface area contributed by atoms with Gasteiger partial charge in [-0.2, -0.15) is 0 Å². The average Bonchev–Trinajstić information content (AvgIpc) is 2.77. The molecule has 0 radical (unpaired) electrons. The van der Waals surface area contributed by atoms with Gasteiger partial charge in [0.2, 0.25) is 0 Å². The van der Waals surface area contributed by atoms with Crippen molar-refractivity contribution in [2.24, 2.45) is 0 Å². The standard InChI is InChI=1S/C22H28O6S2/c1-15(24)28-21(19(26)18(25)12-23)20(27)22(29-13-16-8-4-2-5-9-16)30-14-17-10-6-3-7-11-17/h2-11,18-23,25-27H,12-14H2,1H3. The minimum atomic E-state index is -1.62. The molecule has 0 spiro atoms. The topological polar surface area (TPSA) is 107 Å². The summed E-state index contributed by atoms with van der Waals surface area (Å²) in [5.74, 6) is 0.522. The fraction of sp³-hybridized carbons (Fsp3) is 0.409. The van der Waals surface area contributed by atoms with Crippen LogP contribution < -0.4 is 0 Å². The first kappa shape index (κ1) is 24.7. The van der Waals surface area contributed by atoms with Crippen LogP contribution in [0.2, 0.25) is 0 Å². The maximum absolute atomic E-state index is 11.6. The minimum Gasteiger partial charge on any atom is -0.457 e. The molecule has 4 unspecified atom stereocenters. The van der Waals surface area contributed by atoms with Crippen molar-refractivity contribution in [3.63, 3.8) is 0 Å². The Morgan fingerprint density at radius 1 is 0.867 bits per heavy atom. The maximum Gasteiger partial charge on any atom is 0.303 e. The second kappa shape index (κ2) is 13.0. The first-order valence-corrected chi connectivity index (χ1v) is 11.7. The van der Waals surface area contributed by atoms with Crippen molar-refractivity contribution in [2.45, 2.75) is 47.4 Å². The van der Waals surface area contributed by atoms with E-state index in [-0.39, 0.29) is 0 Å². The molecule has 4 atom stereocenters. The van der Waals surface area contributed by atoms with Gasteiger partial charge in [-0.1, -0.05) is 60.7 Å². The molecule has 164 valence electrons. The molecule has 0 amide bonds. The average molecular weight is 453 g/mol. The second-order valence-electron chi connectivity index (χ2n) is 6.77. The van der Waals surface area contributed by atoms with Gasteiger partial charge in [0.25, 0.3) is 0 Å². The Hall–Kier alpha value is -1.55. The van der Waals surface area contributed by atoms with Gasteiger partial charge >= 0.3 is 5.97 Å². The van der Waals surface area contributed by atoms with Crippen LogP contribution >= 0.6 is 23.5 Å². The van der Waals surface area contributed by atoms with E-state index < -0.39 is 41.6 Å². The summed E-state index contributed by atoms with van der Waals surface area (Å²) in [6, 6.07) is 19.5. The van der Waals surface area contributed by atoms with Gasteiger partial charge in [-0.25, -0.2) is 0 Å². The molecule has 0 saturated heterocycles. The number of hydrogen-bond donors (Lipinski definition) is 4. The first-order valence-electron chi connectivity index (χ1n) is 9.55. The summed E-state index contributed by atoms with van der Waals surface area (Å²) in [6.07, 6.45) is -5.80. The molecular formula is C22H28O6S2. The summed E-state index contributed by atoms with van der Waals surface area (Å²) in [5, 5.41) is 40.4. The molecule has 0 fully saturated rings. The van der Waals surface area contributed by atoms with E-state index in [1.54, 1.807) is 0 Å². The molecule has 4 N–H and O–H groups in total. The summed E-state index contributed by atoms with van der Waals surface area (Å²) >= 11 is 2.92. The SMILES string of the molecule is CC(=O)OC(C(O)C(O)CO)C(O)C(SCc1ccccc1)SCc1ccccc1. The fourth-order valence-corrected chi connectivity index (χ4v) is 5.36. The summed E-state index contributed by atoms with van der Waals surface area (Å²) in [7, 11) is 0. The zero-order chi connectivity index (χ0) is 21.9. The van der Waals surface area contributed by atoms with Crippen molar-refractivity contribution in [1.29, 1.82) is 0 Å². The Labute approximate surface area is 185 Å². The van der Waals surface area contributed by atoms with Crippen LogP contribution in [0.5, 0.6) is 0 Å². The van der Waals surface area contributed by atoms with Gasteiger partial charge in [-0.05, 0) is 11.1 Å². The van der Waals surface area contributed by atoms with E-state index in [0.717, 1.165) is 11.1 Å². The number of esters is 1. The Kier molecular flexibility index (Phi) is 10.7. The molecule has 30 heavy (non-hydrogen) atoms. The number of rotatable bonds is 12. The quantitative estimate of drug-likeness (QED) is 0.287. The minimum absolute atomic E-state index is 0.463. The summed E-state index contributed by atoms with van der Waals surface area (Å²) < 4.78 is 4.68. The van der Waals surface area contributed by atoms with E-state index in [0.29, 0.717) is 11.5 Å². The lowest BCUT2D eigenvalue weighted by atomic mass is 10.0. The Balaban J connectivity index is 2.17. The highest BCUT2D eigenvalue weighted by atomic mass is 32.2. The number of ether oxygens (including phenoxy) is 1. The van der Waals surface area contributed by atoms with Crippen LogP contribution in [0.15, 0.2) is 60.7 Å². The predicted molar refractivity (Wildman–Crippen MR) is 120 cm³/mol. The van der Waals surface area contributed by atoms with Crippen LogP contribution in [0.1, 0.15) is 18.1 Å². The van der Waals surface area contributed by atoms with Gasteiger partial charge < -0.3 is 25.2 Å². The van der Waals surface area contributed by atoms with E-state index in [2.05, 4.69) is 0 Å². The third kappa shape index (κ3) is 7.94. The smallest absolute Gasteiger partial charge is 0.303 e. The van der Waals surface area contributed by atoms with E-state index in [1.165, 1.54) is 30.4 Å². The summed E-state index contributed by atoms with van der Waals surface area (Å²) in [4.78, 5) is 11.6. The predicted octanol–water partition coefficient (Wildman–Crippen LogP) is 2.19. The van der Waals surface area contributed by atoms with Crippen LogP contribution in [-0.2, 0) is 21.0 Å². The molecule has 0 aliphatic heterocycles. The van der Waals surface area contributed by atoms with Gasteiger partial charge in [-0.3, -0.25) is 4.79 Å². The van der Waals surface area contributed by atoms with E-state index in [1.807, 2.05) is 60.7 Å². The van der Waals surface area contributed by atoms with Gasteiger partial charge in [-0.15, -0.1) is 23.5 Å². The lowest BCUT2D eigenvalue weighted by molar-refractivity contribution is -0.170. The number of aliphatic hydroxyl groups is 4. The molecule has 2 aromatic rings. The first-order chi connectivity index (χ1) is 14.4. The third-order valence-electron chi connectivity index (χ3n) is 4.35. The summed E-state index contributed by atoms with van der Waals surface area (Å²) in [6.45, 7) is 0.450. The number of aliphatic hydroxyl groups excluding tert-OH is 4. The molecule has 6 nitrogen and oxygen atoms in total. The zero-order valence-electron chi connectivity index (χ0n) is 16.7. The number of carbonyl (C=O) groups excluding carboxylic acids is 1. The fourth-order valence-electron chi connectivity index (χ4n) is 2.77. The molecule has 8 heteroatoms. The monoisotopic (exact) mass is 452 g/mol. The molecule has 2 rings (SSSR count). The Morgan fingerprint density at radius 2 is 1.33 bits per heavy atom. The van der Waals surface area contributed by atoms with Gasteiger partial charge in [0.05, 0.1) is 11.2 Å². The van der Waals surface area contributed by atoms with Crippen LogP contribution in [0.3, 0.4) is 0 Å². The highest BCUT2D eigenvalue weighted by Gasteiger charge is 2.39. The van der Waals surface area contributed by atoms with Crippen molar-refractivity contribution in [2.75, 3.05) is 6.61 Å². The number of carbonyl (C=O) groups is 1. The van der Waals surface area contributed by atoms with Gasteiger partial charge in [0, 0.05) is 18.4 Å². The van der Waals surface area contributed by atoms with Crippen LogP contribution in [0.25, 0.3) is 0 Å².